The first kappa shape index (κ1) is 19.3. The molecule has 6 nitrogen and oxygen atoms in total. The number of ether oxygens (including phenoxy) is 1. The number of halogens is 2. The van der Waals surface area contributed by atoms with Crippen LogP contribution >= 0.6 is 0 Å². The predicted molar refractivity (Wildman–Crippen MR) is 98.8 cm³/mol. The molecule has 1 aliphatic heterocycles. The Kier molecular flexibility index (Phi) is 6.39. The topological polar surface area (TPSA) is 70.2 Å². The van der Waals surface area contributed by atoms with Crippen molar-refractivity contribution in [3.8, 4) is 17.0 Å². The van der Waals surface area contributed by atoms with E-state index in [9.17, 15) is 13.6 Å². The Hall–Kier alpha value is -2.48. The molecule has 0 bridgehead atoms. The van der Waals surface area contributed by atoms with Gasteiger partial charge < -0.3 is 15.0 Å². The maximum atomic E-state index is 12.2. The third-order valence-corrected chi connectivity index (χ3v) is 4.78. The summed E-state index contributed by atoms with van der Waals surface area (Å²) >= 11 is 0. The highest BCUT2D eigenvalue weighted by molar-refractivity contribution is 5.90. The van der Waals surface area contributed by atoms with Crippen molar-refractivity contribution in [2.45, 2.75) is 45.3 Å². The van der Waals surface area contributed by atoms with Gasteiger partial charge in [0.2, 0.25) is 5.91 Å². The van der Waals surface area contributed by atoms with Gasteiger partial charge in [-0.1, -0.05) is 0 Å². The van der Waals surface area contributed by atoms with Gasteiger partial charge in [-0.05, 0) is 69.1 Å². The van der Waals surface area contributed by atoms with Gasteiger partial charge in [-0.15, -0.1) is 0 Å². The van der Waals surface area contributed by atoms with E-state index in [0.29, 0.717) is 24.0 Å². The van der Waals surface area contributed by atoms with Gasteiger partial charge in [0, 0.05) is 18.5 Å². The lowest BCUT2D eigenvalue weighted by atomic mass is 10.1. The fraction of sp³-hybridized carbons (Fsp3) is 0.474. The summed E-state index contributed by atoms with van der Waals surface area (Å²) in [4.78, 5) is 14.5. The van der Waals surface area contributed by atoms with Crippen molar-refractivity contribution in [1.29, 1.82) is 0 Å². The third-order valence-electron chi connectivity index (χ3n) is 4.78. The standard InChI is InChI=1S/C19H24F2N4O2/c1-13-4-2-10-25(13)11-3-5-18(26)22-17-12-16(23-24-17)14-6-8-15(9-7-14)27-19(20)21/h6-9,12-13,19H,2-5,10-11H2,1H3,(H2,22,23,24,26). The number of benzene rings is 1. The number of nitrogens with one attached hydrogen (secondary N) is 2. The molecular weight excluding hydrogens is 354 g/mol. The minimum atomic E-state index is -2.85. The number of carbonyl (C=O) groups is 1. The van der Waals surface area contributed by atoms with Crippen LogP contribution in [-0.4, -0.2) is 46.7 Å². The normalized spacial score (nSPS) is 17.4. The maximum absolute atomic E-state index is 12.2. The molecule has 0 radical (unpaired) electrons. The molecule has 1 saturated heterocycles. The van der Waals surface area contributed by atoms with E-state index in [-0.39, 0.29) is 11.7 Å². The van der Waals surface area contributed by atoms with Gasteiger partial charge >= 0.3 is 6.61 Å². The third kappa shape index (κ3) is 5.50. The minimum Gasteiger partial charge on any atom is -0.435 e. The molecule has 1 unspecified atom stereocenters. The lowest BCUT2D eigenvalue weighted by molar-refractivity contribution is -0.116. The summed E-state index contributed by atoms with van der Waals surface area (Å²) in [7, 11) is 0. The smallest absolute Gasteiger partial charge is 0.387 e. The monoisotopic (exact) mass is 378 g/mol. The van der Waals surface area contributed by atoms with Crippen LogP contribution in [0.1, 0.15) is 32.6 Å². The Bertz CT molecular complexity index is 748. The van der Waals surface area contributed by atoms with E-state index in [0.717, 1.165) is 25.1 Å². The quantitative estimate of drug-likeness (QED) is 0.731. The van der Waals surface area contributed by atoms with E-state index in [1.54, 1.807) is 18.2 Å². The van der Waals surface area contributed by atoms with Crippen molar-refractivity contribution in [1.82, 2.24) is 15.1 Å². The number of amides is 1. The van der Waals surface area contributed by atoms with E-state index in [1.165, 1.54) is 25.0 Å². The molecule has 3 rings (SSSR count). The van der Waals surface area contributed by atoms with Gasteiger partial charge in [-0.25, -0.2) is 0 Å². The Labute approximate surface area is 156 Å². The Morgan fingerprint density at radius 3 is 2.85 bits per heavy atom. The summed E-state index contributed by atoms with van der Waals surface area (Å²) in [5, 5.41) is 9.70. The molecule has 1 amide bonds. The number of nitrogens with zero attached hydrogens (tertiary/aromatic N) is 2. The zero-order valence-corrected chi connectivity index (χ0v) is 15.3. The van der Waals surface area contributed by atoms with Gasteiger partial charge in [-0.2, -0.15) is 13.9 Å². The number of hydrogen-bond acceptors (Lipinski definition) is 4. The lowest BCUT2D eigenvalue weighted by Crippen LogP contribution is -2.28. The maximum Gasteiger partial charge on any atom is 0.387 e. The number of H-pyrrole nitrogens is 1. The first-order valence-electron chi connectivity index (χ1n) is 9.16. The Morgan fingerprint density at radius 2 is 2.19 bits per heavy atom. The number of hydrogen-bond donors (Lipinski definition) is 2. The summed E-state index contributed by atoms with van der Waals surface area (Å²) in [6.07, 6.45) is 3.74. The molecule has 2 aromatic rings. The van der Waals surface area contributed by atoms with Crippen LogP contribution in [0, 0.1) is 0 Å². The second-order valence-corrected chi connectivity index (χ2v) is 6.75. The van der Waals surface area contributed by atoms with Crippen molar-refractivity contribution in [2.24, 2.45) is 0 Å². The molecule has 27 heavy (non-hydrogen) atoms. The average molecular weight is 378 g/mol. The number of anilines is 1. The summed E-state index contributed by atoms with van der Waals surface area (Å²) in [6.45, 7) is 1.43. The van der Waals surface area contributed by atoms with E-state index in [4.69, 9.17) is 0 Å². The highest BCUT2D eigenvalue weighted by Gasteiger charge is 2.19. The minimum absolute atomic E-state index is 0.0689. The van der Waals surface area contributed by atoms with E-state index in [1.807, 2.05) is 0 Å². The number of aromatic nitrogens is 2. The van der Waals surface area contributed by atoms with Crippen LogP contribution in [0.25, 0.3) is 11.3 Å². The Morgan fingerprint density at radius 1 is 1.41 bits per heavy atom. The second kappa shape index (κ2) is 8.94. The molecule has 1 aromatic carbocycles. The van der Waals surface area contributed by atoms with Crippen LogP contribution in [0.2, 0.25) is 0 Å². The van der Waals surface area contributed by atoms with E-state index >= 15 is 0 Å². The molecule has 0 aliphatic carbocycles. The molecule has 1 atom stereocenters. The molecule has 1 aliphatic rings. The first-order chi connectivity index (χ1) is 13.0. The number of alkyl halides is 2. The van der Waals surface area contributed by atoms with Crippen molar-refractivity contribution in [3.63, 3.8) is 0 Å². The summed E-state index contributed by atoms with van der Waals surface area (Å²) in [5.41, 5.74) is 1.44. The molecule has 1 fully saturated rings. The number of carbonyl (C=O) groups excluding carboxylic acids is 1. The summed E-state index contributed by atoms with van der Waals surface area (Å²) in [5.74, 6) is 0.465. The fourth-order valence-corrected chi connectivity index (χ4v) is 3.32. The molecule has 146 valence electrons. The summed E-state index contributed by atoms with van der Waals surface area (Å²) in [6, 6.07) is 8.53. The van der Waals surface area contributed by atoms with Crippen molar-refractivity contribution in [2.75, 3.05) is 18.4 Å². The lowest BCUT2D eigenvalue weighted by Gasteiger charge is -2.20. The number of aromatic amines is 1. The second-order valence-electron chi connectivity index (χ2n) is 6.75. The number of rotatable bonds is 8. The van der Waals surface area contributed by atoms with Gasteiger partial charge in [-0.3, -0.25) is 9.89 Å². The Balaban J connectivity index is 1.47. The van der Waals surface area contributed by atoms with E-state index < -0.39 is 6.61 Å². The van der Waals surface area contributed by atoms with E-state index in [2.05, 4.69) is 32.1 Å². The SMILES string of the molecule is CC1CCCN1CCCC(=O)Nc1cc(-c2ccc(OC(F)F)cc2)[nH]n1. The molecule has 2 N–H and O–H groups in total. The van der Waals surface area contributed by atoms with Crippen LogP contribution in [-0.2, 0) is 4.79 Å². The molecule has 0 saturated carbocycles. The summed E-state index contributed by atoms with van der Waals surface area (Å²) < 4.78 is 28.7. The first-order valence-corrected chi connectivity index (χ1v) is 9.16. The van der Waals surface area contributed by atoms with Crippen LogP contribution in [0.4, 0.5) is 14.6 Å². The highest BCUT2D eigenvalue weighted by atomic mass is 19.3. The van der Waals surface area contributed by atoms with Crippen LogP contribution in [0.3, 0.4) is 0 Å². The van der Waals surface area contributed by atoms with Gasteiger partial charge in [0.1, 0.15) is 5.75 Å². The van der Waals surface area contributed by atoms with Crippen molar-refractivity contribution >= 4 is 11.7 Å². The van der Waals surface area contributed by atoms with Gasteiger partial charge in [0.25, 0.3) is 0 Å². The highest BCUT2D eigenvalue weighted by Crippen LogP contribution is 2.23. The van der Waals surface area contributed by atoms with Crippen LogP contribution in [0.15, 0.2) is 30.3 Å². The van der Waals surface area contributed by atoms with Gasteiger partial charge in [0.05, 0.1) is 5.69 Å². The molecule has 0 spiro atoms. The average Bonchev–Trinajstić information content (AvgIpc) is 3.24. The predicted octanol–water partition coefficient (Wildman–Crippen LogP) is 3.88. The number of likely N-dealkylation sites (tertiary alicyclic amines) is 1. The zero-order chi connectivity index (χ0) is 19.2. The zero-order valence-electron chi connectivity index (χ0n) is 15.3. The molecule has 2 heterocycles. The molecule has 8 heteroatoms. The molecular formula is C19H24F2N4O2. The van der Waals surface area contributed by atoms with Crippen LogP contribution in [0.5, 0.6) is 5.75 Å². The van der Waals surface area contributed by atoms with Crippen molar-refractivity contribution < 1.29 is 18.3 Å². The largest absolute Gasteiger partial charge is 0.435 e. The van der Waals surface area contributed by atoms with Crippen LogP contribution < -0.4 is 10.1 Å². The van der Waals surface area contributed by atoms with Gasteiger partial charge in [0.15, 0.2) is 5.82 Å². The molecule has 1 aromatic heterocycles. The fourth-order valence-electron chi connectivity index (χ4n) is 3.32. The van der Waals surface area contributed by atoms with Crippen molar-refractivity contribution in [3.05, 3.63) is 30.3 Å².